The van der Waals surface area contributed by atoms with E-state index in [1.807, 2.05) is 45.1 Å². The summed E-state index contributed by atoms with van der Waals surface area (Å²) in [7, 11) is -0.478. The van der Waals surface area contributed by atoms with E-state index >= 15 is 0 Å². The molecular formula is C16H21BF3NO3. The molecule has 1 saturated heterocycles. The van der Waals surface area contributed by atoms with Gasteiger partial charge in [-0.05, 0) is 45.1 Å². The van der Waals surface area contributed by atoms with Crippen LogP contribution >= 0.6 is 0 Å². The van der Waals surface area contributed by atoms with Crippen LogP contribution in [0.1, 0.15) is 33.3 Å². The third-order valence-corrected chi connectivity index (χ3v) is 4.46. The Bertz CT molecular complexity index is 584. The largest absolute Gasteiger partial charge is 0.494 e. The van der Waals surface area contributed by atoms with E-state index in [0.717, 1.165) is 11.0 Å². The molecule has 8 heteroatoms. The zero-order valence-electron chi connectivity index (χ0n) is 14.2. The van der Waals surface area contributed by atoms with Crippen molar-refractivity contribution in [3.8, 4) is 0 Å². The van der Waals surface area contributed by atoms with Gasteiger partial charge in [-0.15, -0.1) is 0 Å². The number of nitrogens with one attached hydrogen (secondary N) is 1. The first-order valence-electron chi connectivity index (χ1n) is 7.72. The summed E-state index contributed by atoms with van der Waals surface area (Å²) in [6.07, 6.45) is -4.54. The van der Waals surface area contributed by atoms with Gasteiger partial charge in [0.2, 0.25) is 0 Å². The van der Waals surface area contributed by atoms with Crippen LogP contribution in [-0.2, 0) is 20.5 Å². The summed E-state index contributed by atoms with van der Waals surface area (Å²) in [5, 5.41) is 1.85. The predicted octanol–water partition coefficient (Wildman–Crippen LogP) is 2.21. The lowest BCUT2D eigenvalue weighted by Gasteiger charge is -2.32. The zero-order chi connectivity index (χ0) is 18.2. The number of hydrogen-bond donors (Lipinski definition) is 1. The molecule has 1 aliphatic heterocycles. The molecule has 0 saturated carbocycles. The van der Waals surface area contributed by atoms with E-state index in [1.165, 1.54) is 0 Å². The molecule has 132 valence electrons. The van der Waals surface area contributed by atoms with E-state index in [9.17, 15) is 18.0 Å². The highest BCUT2D eigenvalue weighted by Crippen LogP contribution is 2.36. The van der Waals surface area contributed by atoms with Crippen LogP contribution in [0.15, 0.2) is 24.3 Å². The number of benzene rings is 1. The minimum absolute atomic E-state index is 0.0752. The third-order valence-electron chi connectivity index (χ3n) is 4.46. The summed E-state index contributed by atoms with van der Waals surface area (Å²) < 4.78 is 48.1. The molecule has 1 N–H and O–H groups in total. The van der Waals surface area contributed by atoms with E-state index in [4.69, 9.17) is 9.31 Å². The van der Waals surface area contributed by atoms with Crippen molar-refractivity contribution in [2.45, 2.75) is 51.5 Å². The summed E-state index contributed by atoms with van der Waals surface area (Å²) in [5.74, 6) is -1.92. The van der Waals surface area contributed by atoms with Crippen molar-refractivity contribution < 1.29 is 27.3 Å². The quantitative estimate of drug-likeness (QED) is 0.853. The monoisotopic (exact) mass is 343 g/mol. The lowest BCUT2D eigenvalue weighted by molar-refractivity contribution is -0.173. The average molecular weight is 343 g/mol. The van der Waals surface area contributed by atoms with Gasteiger partial charge in [0.1, 0.15) is 0 Å². The highest BCUT2D eigenvalue weighted by molar-refractivity contribution is 6.62. The number of hydrogen-bond acceptors (Lipinski definition) is 3. The van der Waals surface area contributed by atoms with Crippen molar-refractivity contribution in [2.75, 3.05) is 6.54 Å². The lowest BCUT2D eigenvalue weighted by atomic mass is 9.79. The number of rotatable bonds is 4. The Kier molecular flexibility index (Phi) is 5.02. The summed E-state index contributed by atoms with van der Waals surface area (Å²) in [5.41, 5.74) is 0.797. The molecule has 0 atom stereocenters. The summed E-state index contributed by atoms with van der Waals surface area (Å²) in [6, 6.07) is 7.23. The van der Waals surface area contributed by atoms with Crippen LogP contribution in [0.3, 0.4) is 0 Å². The van der Waals surface area contributed by atoms with E-state index in [0.29, 0.717) is 6.42 Å². The fourth-order valence-corrected chi connectivity index (χ4v) is 2.24. The topological polar surface area (TPSA) is 47.6 Å². The SMILES string of the molecule is CC1(C)OB(c2ccc(CCNC(=O)C(F)(F)F)cc2)OC1(C)C. The van der Waals surface area contributed by atoms with Crippen molar-refractivity contribution in [3.63, 3.8) is 0 Å². The Hall–Kier alpha value is -1.54. The molecule has 0 bridgehead atoms. The van der Waals surface area contributed by atoms with Crippen LogP contribution in [-0.4, -0.2) is 36.9 Å². The van der Waals surface area contributed by atoms with Crippen molar-refractivity contribution in [3.05, 3.63) is 29.8 Å². The van der Waals surface area contributed by atoms with Gasteiger partial charge in [0.05, 0.1) is 11.2 Å². The minimum atomic E-state index is -4.85. The molecule has 0 radical (unpaired) electrons. The first kappa shape index (κ1) is 18.8. The molecule has 0 unspecified atom stereocenters. The Morgan fingerprint density at radius 1 is 1.08 bits per heavy atom. The maximum absolute atomic E-state index is 12.1. The summed E-state index contributed by atoms with van der Waals surface area (Å²) in [4.78, 5) is 10.7. The Labute approximate surface area is 139 Å². The molecule has 1 heterocycles. The molecule has 1 amide bonds. The van der Waals surface area contributed by atoms with Gasteiger partial charge in [-0.3, -0.25) is 4.79 Å². The molecule has 0 aromatic heterocycles. The molecule has 0 spiro atoms. The van der Waals surface area contributed by atoms with Crippen molar-refractivity contribution >= 4 is 18.5 Å². The normalized spacial score (nSPS) is 19.4. The average Bonchev–Trinajstić information content (AvgIpc) is 2.67. The van der Waals surface area contributed by atoms with E-state index in [1.54, 1.807) is 12.1 Å². The van der Waals surface area contributed by atoms with Gasteiger partial charge in [-0.1, -0.05) is 24.3 Å². The Balaban J connectivity index is 1.91. The van der Waals surface area contributed by atoms with Crippen molar-refractivity contribution in [1.29, 1.82) is 0 Å². The van der Waals surface area contributed by atoms with Gasteiger partial charge in [0.15, 0.2) is 0 Å². The lowest BCUT2D eigenvalue weighted by Crippen LogP contribution is -2.41. The second-order valence-electron chi connectivity index (χ2n) is 6.83. The van der Waals surface area contributed by atoms with Crippen molar-refractivity contribution in [2.24, 2.45) is 0 Å². The third kappa shape index (κ3) is 4.10. The highest BCUT2D eigenvalue weighted by Gasteiger charge is 2.51. The molecule has 4 nitrogen and oxygen atoms in total. The number of amides is 1. The van der Waals surface area contributed by atoms with Crippen LogP contribution in [0.4, 0.5) is 13.2 Å². The van der Waals surface area contributed by atoms with Crippen LogP contribution in [0.2, 0.25) is 0 Å². The van der Waals surface area contributed by atoms with E-state index in [2.05, 4.69) is 0 Å². The Morgan fingerprint density at radius 2 is 1.58 bits per heavy atom. The highest BCUT2D eigenvalue weighted by atomic mass is 19.4. The van der Waals surface area contributed by atoms with E-state index in [-0.39, 0.29) is 6.54 Å². The number of halogens is 3. The second-order valence-corrected chi connectivity index (χ2v) is 6.83. The molecular weight excluding hydrogens is 322 g/mol. The summed E-state index contributed by atoms with van der Waals surface area (Å²) in [6.45, 7) is 7.78. The standard InChI is InChI=1S/C16H21BF3NO3/c1-14(2)15(3,4)24-17(23-14)12-7-5-11(6-8-12)9-10-21-13(22)16(18,19)20/h5-8H,9-10H2,1-4H3,(H,21,22). The maximum Gasteiger partial charge on any atom is 0.494 e. The first-order chi connectivity index (χ1) is 10.9. The molecule has 1 aliphatic rings. The number of alkyl halides is 3. The molecule has 1 aromatic rings. The molecule has 1 aromatic carbocycles. The van der Waals surface area contributed by atoms with Gasteiger partial charge < -0.3 is 14.6 Å². The van der Waals surface area contributed by atoms with Crippen LogP contribution in [0.5, 0.6) is 0 Å². The van der Waals surface area contributed by atoms with Gasteiger partial charge in [-0.25, -0.2) is 0 Å². The van der Waals surface area contributed by atoms with Gasteiger partial charge >= 0.3 is 19.2 Å². The van der Waals surface area contributed by atoms with Crippen LogP contribution in [0, 0.1) is 0 Å². The molecule has 2 rings (SSSR count). The van der Waals surface area contributed by atoms with Crippen molar-refractivity contribution in [1.82, 2.24) is 5.32 Å². The fourth-order valence-electron chi connectivity index (χ4n) is 2.24. The van der Waals surface area contributed by atoms with Gasteiger partial charge in [0, 0.05) is 6.54 Å². The maximum atomic E-state index is 12.1. The van der Waals surface area contributed by atoms with Crippen LogP contribution < -0.4 is 10.8 Å². The van der Waals surface area contributed by atoms with Gasteiger partial charge in [-0.2, -0.15) is 13.2 Å². The smallest absolute Gasteiger partial charge is 0.399 e. The fraction of sp³-hybridized carbons (Fsp3) is 0.562. The molecule has 24 heavy (non-hydrogen) atoms. The zero-order valence-corrected chi connectivity index (χ0v) is 14.2. The minimum Gasteiger partial charge on any atom is -0.399 e. The molecule has 1 fully saturated rings. The molecule has 0 aliphatic carbocycles. The van der Waals surface area contributed by atoms with Crippen LogP contribution in [0.25, 0.3) is 0 Å². The number of carbonyl (C=O) groups excluding carboxylic acids is 1. The predicted molar refractivity (Wildman–Crippen MR) is 84.9 cm³/mol. The first-order valence-corrected chi connectivity index (χ1v) is 7.72. The summed E-state index contributed by atoms with van der Waals surface area (Å²) >= 11 is 0. The second kappa shape index (κ2) is 6.40. The Morgan fingerprint density at radius 3 is 2.04 bits per heavy atom. The van der Waals surface area contributed by atoms with E-state index < -0.39 is 30.4 Å². The van der Waals surface area contributed by atoms with Gasteiger partial charge in [0.25, 0.3) is 0 Å². The number of carbonyl (C=O) groups is 1.